The number of aromatic hydroxyl groups is 2. The molecule has 19 heavy (non-hydrogen) atoms. The number of anilines is 1. The highest BCUT2D eigenvalue weighted by Gasteiger charge is 2.01. The topological polar surface area (TPSA) is 74.5 Å². The molecule has 0 spiro atoms. The summed E-state index contributed by atoms with van der Waals surface area (Å²) in [6, 6.07) is 7.89. The van der Waals surface area contributed by atoms with Crippen molar-refractivity contribution in [1.29, 1.82) is 0 Å². The number of pyridine rings is 1. The van der Waals surface area contributed by atoms with E-state index in [-0.39, 0.29) is 17.1 Å². The van der Waals surface area contributed by atoms with E-state index in [0.717, 1.165) is 11.3 Å². The predicted molar refractivity (Wildman–Crippen MR) is 73.5 cm³/mol. The van der Waals surface area contributed by atoms with Crippen molar-refractivity contribution in [2.24, 2.45) is 0 Å². The van der Waals surface area contributed by atoms with Crippen LogP contribution >= 0.6 is 0 Å². The maximum Gasteiger partial charge on any atom is 0.250 e. The van der Waals surface area contributed by atoms with Crippen molar-refractivity contribution in [2.45, 2.75) is 20.0 Å². The van der Waals surface area contributed by atoms with E-state index < -0.39 is 0 Å². The van der Waals surface area contributed by atoms with Crippen LogP contribution in [0, 0.1) is 0 Å². The van der Waals surface area contributed by atoms with Crippen molar-refractivity contribution < 1.29 is 10.2 Å². The van der Waals surface area contributed by atoms with Crippen molar-refractivity contribution in [1.82, 2.24) is 4.57 Å². The van der Waals surface area contributed by atoms with Gasteiger partial charge < -0.3 is 20.1 Å². The Labute approximate surface area is 110 Å². The molecule has 0 bridgehead atoms. The summed E-state index contributed by atoms with van der Waals surface area (Å²) < 4.78 is 1.61. The highest BCUT2D eigenvalue weighted by atomic mass is 16.3. The van der Waals surface area contributed by atoms with E-state index in [4.69, 9.17) is 0 Å². The van der Waals surface area contributed by atoms with E-state index >= 15 is 0 Å². The summed E-state index contributed by atoms with van der Waals surface area (Å²) in [6.45, 7) is 3.02. The number of nitrogens with zero attached hydrogens (tertiary/aromatic N) is 1. The lowest BCUT2D eigenvalue weighted by Crippen LogP contribution is -2.17. The molecule has 0 saturated heterocycles. The third-order valence-electron chi connectivity index (χ3n) is 2.86. The number of phenolic OH excluding ortho intramolecular Hbond substituents is 2. The number of rotatable bonds is 4. The molecule has 5 heteroatoms. The third-order valence-corrected chi connectivity index (χ3v) is 2.86. The minimum atomic E-state index is -0.141. The zero-order valence-electron chi connectivity index (χ0n) is 10.6. The molecule has 1 aromatic carbocycles. The van der Waals surface area contributed by atoms with Gasteiger partial charge in [-0.25, -0.2) is 0 Å². The number of aryl methyl sites for hydroxylation is 1. The standard InChI is InChI=1S/C14H16N2O3/c1-2-16-9-11(4-6-14(16)19)15-8-10-3-5-12(17)13(18)7-10/h3-7,9,15,17-18H,2,8H2,1H3. The van der Waals surface area contributed by atoms with E-state index in [0.29, 0.717) is 13.1 Å². The average molecular weight is 260 g/mol. The Balaban J connectivity index is 2.10. The molecule has 1 heterocycles. The first kappa shape index (κ1) is 13.0. The minimum absolute atomic E-state index is 0.0321. The fraction of sp³-hybridized carbons (Fsp3) is 0.214. The van der Waals surface area contributed by atoms with Gasteiger partial charge in [0.25, 0.3) is 5.56 Å². The summed E-state index contributed by atoms with van der Waals surface area (Å²) in [5.41, 5.74) is 1.63. The summed E-state index contributed by atoms with van der Waals surface area (Å²) >= 11 is 0. The molecule has 1 aromatic heterocycles. The van der Waals surface area contributed by atoms with Crippen molar-refractivity contribution in [3.05, 3.63) is 52.4 Å². The Hall–Kier alpha value is -2.43. The van der Waals surface area contributed by atoms with E-state index in [1.807, 2.05) is 6.92 Å². The fourth-order valence-corrected chi connectivity index (χ4v) is 1.77. The second kappa shape index (κ2) is 5.48. The highest BCUT2D eigenvalue weighted by molar-refractivity contribution is 5.44. The lowest BCUT2D eigenvalue weighted by molar-refractivity contribution is 0.403. The first-order valence-corrected chi connectivity index (χ1v) is 6.05. The second-order valence-electron chi connectivity index (χ2n) is 4.22. The molecule has 5 nitrogen and oxygen atoms in total. The number of phenols is 2. The van der Waals surface area contributed by atoms with Gasteiger partial charge in [-0.15, -0.1) is 0 Å². The Morgan fingerprint density at radius 3 is 2.63 bits per heavy atom. The van der Waals surface area contributed by atoms with Crippen LogP contribution in [0.15, 0.2) is 41.3 Å². The van der Waals surface area contributed by atoms with Gasteiger partial charge in [-0.05, 0) is 30.7 Å². The zero-order chi connectivity index (χ0) is 13.8. The molecular formula is C14H16N2O3. The van der Waals surface area contributed by atoms with Crippen LogP contribution in [-0.2, 0) is 13.1 Å². The molecule has 2 aromatic rings. The normalized spacial score (nSPS) is 10.4. The van der Waals surface area contributed by atoms with Crippen LogP contribution in [0.2, 0.25) is 0 Å². The molecule has 0 aliphatic carbocycles. The predicted octanol–water partition coefficient (Wildman–Crippen LogP) is 1.89. The van der Waals surface area contributed by atoms with Gasteiger partial charge in [-0.2, -0.15) is 0 Å². The van der Waals surface area contributed by atoms with Crippen LogP contribution in [0.25, 0.3) is 0 Å². The average Bonchev–Trinajstić information content (AvgIpc) is 2.41. The summed E-state index contributed by atoms with van der Waals surface area (Å²) in [7, 11) is 0. The molecule has 0 radical (unpaired) electrons. The quantitative estimate of drug-likeness (QED) is 0.734. The van der Waals surface area contributed by atoms with Gasteiger partial charge in [0, 0.05) is 25.4 Å². The summed E-state index contributed by atoms with van der Waals surface area (Å²) in [6.07, 6.45) is 1.75. The van der Waals surface area contributed by atoms with Gasteiger partial charge in [0.15, 0.2) is 11.5 Å². The SMILES string of the molecule is CCn1cc(NCc2ccc(O)c(O)c2)ccc1=O. The monoisotopic (exact) mass is 260 g/mol. The van der Waals surface area contributed by atoms with Crippen molar-refractivity contribution in [3.8, 4) is 11.5 Å². The maximum atomic E-state index is 11.4. The number of hydrogen-bond acceptors (Lipinski definition) is 4. The Morgan fingerprint density at radius 1 is 1.16 bits per heavy atom. The van der Waals surface area contributed by atoms with Gasteiger partial charge in [-0.1, -0.05) is 6.07 Å². The molecule has 2 rings (SSSR count). The van der Waals surface area contributed by atoms with Crippen molar-refractivity contribution >= 4 is 5.69 Å². The minimum Gasteiger partial charge on any atom is -0.504 e. The first-order valence-electron chi connectivity index (χ1n) is 6.05. The van der Waals surface area contributed by atoms with Gasteiger partial charge >= 0.3 is 0 Å². The van der Waals surface area contributed by atoms with Gasteiger partial charge in [0.1, 0.15) is 0 Å². The first-order chi connectivity index (χ1) is 9.10. The van der Waals surface area contributed by atoms with E-state index in [1.54, 1.807) is 22.9 Å². The smallest absolute Gasteiger partial charge is 0.250 e. The Bertz CT molecular complexity index is 635. The van der Waals surface area contributed by atoms with Crippen molar-refractivity contribution in [3.63, 3.8) is 0 Å². The number of benzene rings is 1. The van der Waals surface area contributed by atoms with Gasteiger partial charge in [0.05, 0.1) is 5.69 Å². The van der Waals surface area contributed by atoms with E-state index in [9.17, 15) is 15.0 Å². The molecule has 100 valence electrons. The molecule has 0 unspecified atom stereocenters. The molecule has 0 atom stereocenters. The third kappa shape index (κ3) is 3.07. The Morgan fingerprint density at radius 2 is 1.95 bits per heavy atom. The van der Waals surface area contributed by atoms with Gasteiger partial charge in [0.2, 0.25) is 0 Å². The largest absolute Gasteiger partial charge is 0.504 e. The lowest BCUT2D eigenvalue weighted by atomic mass is 10.2. The fourth-order valence-electron chi connectivity index (χ4n) is 1.77. The molecule has 0 aliphatic heterocycles. The molecule has 0 amide bonds. The van der Waals surface area contributed by atoms with Crippen LogP contribution in [-0.4, -0.2) is 14.8 Å². The van der Waals surface area contributed by atoms with Crippen LogP contribution in [0.3, 0.4) is 0 Å². The van der Waals surface area contributed by atoms with E-state index in [1.165, 1.54) is 18.2 Å². The van der Waals surface area contributed by atoms with E-state index in [2.05, 4.69) is 5.32 Å². The number of hydrogen-bond donors (Lipinski definition) is 3. The molecular weight excluding hydrogens is 244 g/mol. The van der Waals surface area contributed by atoms with Crippen LogP contribution < -0.4 is 10.9 Å². The second-order valence-corrected chi connectivity index (χ2v) is 4.22. The number of aromatic nitrogens is 1. The maximum absolute atomic E-state index is 11.4. The van der Waals surface area contributed by atoms with Crippen LogP contribution in [0.4, 0.5) is 5.69 Å². The molecule has 3 N–H and O–H groups in total. The van der Waals surface area contributed by atoms with Crippen LogP contribution in [0.1, 0.15) is 12.5 Å². The molecule has 0 saturated carbocycles. The zero-order valence-corrected chi connectivity index (χ0v) is 10.6. The Kier molecular flexibility index (Phi) is 3.75. The van der Waals surface area contributed by atoms with Gasteiger partial charge in [-0.3, -0.25) is 4.79 Å². The molecule has 0 aliphatic rings. The number of nitrogens with one attached hydrogen (secondary N) is 1. The summed E-state index contributed by atoms with van der Waals surface area (Å²) in [5.74, 6) is -0.277. The van der Waals surface area contributed by atoms with Crippen molar-refractivity contribution in [2.75, 3.05) is 5.32 Å². The summed E-state index contributed by atoms with van der Waals surface area (Å²) in [4.78, 5) is 11.4. The van der Waals surface area contributed by atoms with Crippen LogP contribution in [0.5, 0.6) is 11.5 Å². The highest BCUT2D eigenvalue weighted by Crippen LogP contribution is 2.25. The lowest BCUT2D eigenvalue weighted by Gasteiger charge is -2.09. The molecule has 0 fully saturated rings. The summed E-state index contributed by atoms with van der Waals surface area (Å²) in [5, 5.41) is 21.8.